The number of pyridine rings is 1. The molecule has 4 nitrogen and oxygen atoms in total. The summed E-state index contributed by atoms with van der Waals surface area (Å²) in [6.07, 6.45) is 2.47. The van der Waals surface area contributed by atoms with Crippen LogP contribution >= 0.6 is 0 Å². The van der Waals surface area contributed by atoms with Crippen molar-refractivity contribution in [2.24, 2.45) is 0 Å². The molecule has 1 atom stereocenters. The Balaban J connectivity index is 1.97. The molecule has 0 fully saturated rings. The van der Waals surface area contributed by atoms with Gasteiger partial charge in [-0.15, -0.1) is 0 Å². The molecule has 0 radical (unpaired) electrons. The summed E-state index contributed by atoms with van der Waals surface area (Å²) in [5.41, 5.74) is 1.08. The van der Waals surface area contributed by atoms with Crippen LogP contribution in [0.5, 0.6) is 0 Å². The highest BCUT2D eigenvalue weighted by Crippen LogP contribution is 2.13. The van der Waals surface area contributed by atoms with Crippen molar-refractivity contribution in [1.82, 2.24) is 10.3 Å². The maximum Gasteiger partial charge on any atom is 0.319 e. The highest BCUT2D eigenvalue weighted by atomic mass is 19.1. The highest BCUT2D eigenvalue weighted by molar-refractivity contribution is 5.89. The summed E-state index contributed by atoms with van der Waals surface area (Å²) in [6, 6.07) is 10.3. The van der Waals surface area contributed by atoms with Crippen molar-refractivity contribution in [3.63, 3.8) is 0 Å². The van der Waals surface area contributed by atoms with Gasteiger partial charge in [0.05, 0.1) is 17.9 Å². The molecule has 2 N–H and O–H groups in total. The normalized spacial score (nSPS) is 11.7. The Hall–Kier alpha value is -2.43. The number of anilines is 1. The number of amides is 2. The van der Waals surface area contributed by atoms with Crippen molar-refractivity contribution in [3.05, 3.63) is 60.2 Å². The molecule has 2 amide bonds. The molecule has 19 heavy (non-hydrogen) atoms. The Bertz CT molecular complexity index is 560. The lowest BCUT2D eigenvalue weighted by atomic mass is 10.1. The molecule has 0 aliphatic heterocycles. The molecule has 1 heterocycles. The number of nitrogens with one attached hydrogen (secondary N) is 2. The first-order chi connectivity index (χ1) is 9.16. The maximum atomic E-state index is 13.3. The summed E-state index contributed by atoms with van der Waals surface area (Å²) < 4.78 is 13.3. The first-order valence-corrected chi connectivity index (χ1v) is 5.89. The lowest BCUT2D eigenvalue weighted by Crippen LogP contribution is -2.31. The molecule has 1 aromatic carbocycles. The van der Waals surface area contributed by atoms with Crippen molar-refractivity contribution < 1.29 is 9.18 Å². The van der Waals surface area contributed by atoms with Crippen LogP contribution in [0.25, 0.3) is 0 Å². The summed E-state index contributed by atoms with van der Waals surface area (Å²) in [7, 11) is 0. The molecule has 0 bridgehead atoms. The van der Waals surface area contributed by atoms with Crippen LogP contribution in [0.3, 0.4) is 0 Å². The topological polar surface area (TPSA) is 54.0 Å². The van der Waals surface area contributed by atoms with Gasteiger partial charge in [0, 0.05) is 6.20 Å². The molecular formula is C14H14FN3O. The molecule has 0 aliphatic rings. The van der Waals surface area contributed by atoms with E-state index in [1.165, 1.54) is 12.3 Å². The van der Waals surface area contributed by atoms with E-state index >= 15 is 0 Å². The molecule has 1 aromatic heterocycles. The Morgan fingerprint density at radius 2 is 2.00 bits per heavy atom. The monoisotopic (exact) mass is 259 g/mol. The predicted octanol–water partition coefficient (Wildman–Crippen LogP) is 3.10. The average molecular weight is 259 g/mol. The summed E-state index contributed by atoms with van der Waals surface area (Å²) in [5, 5.41) is 5.18. The molecular weight excluding hydrogens is 245 g/mol. The van der Waals surface area contributed by atoms with Crippen molar-refractivity contribution >= 4 is 11.7 Å². The second kappa shape index (κ2) is 5.95. The van der Waals surface area contributed by atoms with E-state index in [1.54, 1.807) is 0 Å². The number of benzene rings is 1. The minimum Gasteiger partial charge on any atom is -0.331 e. The number of aromatic nitrogens is 1. The van der Waals surface area contributed by atoms with Crippen LogP contribution in [0.15, 0.2) is 48.8 Å². The van der Waals surface area contributed by atoms with Gasteiger partial charge in [-0.05, 0) is 18.6 Å². The smallest absolute Gasteiger partial charge is 0.319 e. The number of rotatable bonds is 3. The fourth-order valence-corrected chi connectivity index (χ4v) is 1.66. The number of halogens is 1. The second-order valence-corrected chi connectivity index (χ2v) is 4.09. The lowest BCUT2D eigenvalue weighted by Gasteiger charge is -2.15. The van der Waals surface area contributed by atoms with Gasteiger partial charge >= 0.3 is 6.03 Å². The van der Waals surface area contributed by atoms with Gasteiger partial charge in [0.25, 0.3) is 0 Å². The van der Waals surface area contributed by atoms with Crippen molar-refractivity contribution in [3.8, 4) is 0 Å². The van der Waals surface area contributed by atoms with Gasteiger partial charge in [-0.3, -0.25) is 4.98 Å². The standard InChI is InChI=1S/C14H14FN3O/c1-10(11-5-3-2-4-6-11)17-14(19)18-13-7-8-16-9-12(13)15/h2-10H,1H3,(H2,16,17,18,19)/t10-/m0/s1. The van der Waals surface area contributed by atoms with E-state index in [0.29, 0.717) is 0 Å². The minimum absolute atomic E-state index is 0.104. The van der Waals surface area contributed by atoms with E-state index in [2.05, 4.69) is 15.6 Å². The highest BCUT2D eigenvalue weighted by Gasteiger charge is 2.10. The van der Waals surface area contributed by atoms with Gasteiger partial charge in [-0.25, -0.2) is 9.18 Å². The van der Waals surface area contributed by atoms with Crippen molar-refractivity contribution in [2.75, 3.05) is 5.32 Å². The zero-order valence-electron chi connectivity index (χ0n) is 10.4. The third kappa shape index (κ3) is 3.51. The number of carbonyl (C=O) groups excluding carboxylic acids is 1. The molecule has 0 saturated heterocycles. The zero-order valence-corrected chi connectivity index (χ0v) is 10.4. The number of carbonyl (C=O) groups is 1. The Morgan fingerprint density at radius 3 is 2.68 bits per heavy atom. The largest absolute Gasteiger partial charge is 0.331 e. The second-order valence-electron chi connectivity index (χ2n) is 4.09. The van der Waals surface area contributed by atoms with Crippen LogP contribution < -0.4 is 10.6 Å². The minimum atomic E-state index is -0.565. The molecule has 0 unspecified atom stereocenters. The fourth-order valence-electron chi connectivity index (χ4n) is 1.66. The van der Waals surface area contributed by atoms with Crippen LogP contribution in [0.2, 0.25) is 0 Å². The van der Waals surface area contributed by atoms with Gasteiger partial charge in [-0.1, -0.05) is 30.3 Å². The quantitative estimate of drug-likeness (QED) is 0.889. The molecule has 0 saturated carbocycles. The Morgan fingerprint density at radius 1 is 1.26 bits per heavy atom. The van der Waals surface area contributed by atoms with Gasteiger partial charge in [-0.2, -0.15) is 0 Å². The van der Waals surface area contributed by atoms with Crippen LogP contribution in [-0.4, -0.2) is 11.0 Å². The fraction of sp³-hybridized carbons (Fsp3) is 0.143. The predicted molar refractivity (Wildman–Crippen MR) is 71.2 cm³/mol. The van der Waals surface area contributed by atoms with E-state index in [-0.39, 0.29) is 11.7 Å². The number of urea groups is 1. The molecule has 2 aromatic rings. The van der Waals surface area contributed by atoms with Gasteiger partial charge < -0.3 is 10.6 Å². The van der Waals surface area contributed by atoms with Crippen LogP contribution in [0.1, 0.15) is 18.5 Å². The van der Waals surface area contributed by atoms with E-state index < -0.39 is 11.8 Å². The third-order valence-electron chi connectivity index (χ3n) is 2.67. The molecule has 0 spiro atoms. The SMILES string of the molecule is C[C@H](NC(=O)Nc1ccncc1F)c1ccccc1. The summed E-state index contributed by atoms with van der Waals surface area (Å²) in [5.74, 6) is -0.565. The van der Waals surface area contributed by atoms with Crippen LogP contribution in [-0.2, 0) is 0 Å². The third-order valence-corrected chi connectivity index (χ3v) is 2.67. The molecule has 98 valence electrons. The molecule has 2 rings (SSSR count). The van der Waals surface area contributed by atoms with Gasteiger partial charge in [0.15, 0.2) is 5.82 Å². The van der Waals surface area contributed by atoms with E-state index in [0.717, 1.165) is 11.8 Å². The first kappa shape index (κ1) is 13.0. The Labute approximate surface area is 110 Å². The first-order valence-electron chi connectivity index (χ1n) is 5.89. The molecule has 5 heteroatoms. The van der Waals surface area contributed by atoms with Gasteiger partial charge in [0.1, 0.15) is 0 Å². The van der Waals surface area contributed by atoms with E-state index in [1.807, 2.05) is 37.3 Å². The van der Waals surface area contributed by atoms with Crippen molar-refractivity contribution in [1.29, 1.82) is 0 Å². The molecule has 0 aliphatic carbocycles. The lowest BCUT2D eigenvalue weighted by molar-refractivity contribution is 0.249. The van der Waals surface area contributed by atoms with E-state index in [9.17, 15) is 9.18 Å². The van der Waals surface area contributed by atoms with E-state index in [4.69, 9.17) is 0 Å². The zero-order chi connectivity index (χ0) is 13.7. The van der Waals surface area contributed by atoms with Crippen LogP contribution in [0.4, 0.5) is 14.9 Å². The Kier molecular flexibility index (Phi) is 4.07. The number of nitrogens with zero attached hydrogens (tertiary/aromatic N) is 1. The van der Waals surface area contributed by atoms with Crippen LogP contribution in [0, 0.1) is 5.82 Å². The number of hydrogen-bond acceptors (Lipinski definition) is 2. The summed E-state index contributed by atoms with van der Waals surface area (Å²) in [6.45, 7) is 1.86. The summed E-state index contributed by atoms with van der Waals surface area (Å²) in [4.78, 5) is 15.4. The average Bonchev–Trinajstić information content (AvgIpc) is 2.42. The van der Waals surface area contributed by atoms with Gasteiger partial charge in [0.2, 0.25) is 0 Å². The number of hydrogen-bond donors (Lipinski definition) is 2. The van der Waals surface area contributed by atoms with Crippen molar-refractivity contribution in [2.45, 2.75) is 13.0 Å². The maximum absolute atomic E-state index is 13.3. The summed E-state index contributed by atoms with van der Waals surface area (Å²) >= 11 is 0.